The highest BCUT2D eigenvalue weighted by atomic mass is 16.6. The van der Waals surface area contributed by atoms with Crippen molar-refractivity contribution in [2.45, 2.75) is 6.92 Å². The maximum absolute atomic E-state index is 4.81. The molecule has 0 fully saturated rings. The van der Waals surface area contributed by atoms with Crippen molar-refractivity contribution < 1.29 is 4.84 Å². The molecule has 0 saturated heterocycles. The molecule has 0 N–H and O–H groups in total. The summed E-state index contributed by atoms with van der Waals surface area (Å²) in [6, 6.07) is 9.85. The molecule has 1 rings (SSSR count). The minimum absolute atomic E-state index is 0.614. The largest absolute Gasteiger partial charge is 0.396 e. The molecule has 0 amide bonds. The van der Waals surface area contributed by atoms with E-state index in [-0.39, 0.29) is 0 Å². The van der Waals surface area contributed by atoms with Gasteiger partial charge in [0.25, 0.3) is 0 Å². The number of oxime groups is 1. The molecule has 1 aromatic carbocycles. The maximum atomic E-state index is 4.81. The van der Waals surface area contributed by atoms with E-state index in [1.165, 1.54) is 0 Å². The first-order valence-corrected chi connectivity index (χ1v) is 3.64. The Morgan fingerprint density at radius 3 is 2.73 bits per heavy atom. The smallest absolute Gasteiger partial charge is 0.114 e. The highest BCUT2D eigenvalue weighted by Crippen LogP contribution is 1.93. The molecule has 11 heavy (non-hydrogen) atoms. The number of rotatable bonds is 3. The van der Waals surface area contributed by atoms with Crippen molar-refractivity contribution in [1.82, 2.24) is 0 Å². The van der Waals surface area contributed by atoms with Gasteiger partial charge >= 0.3 is 0 Å². The Labute approximate surface area is 66.5 Å². The van der Waals surface area contributed by atoms with Gasteiger partial charge in [-0.15, -0.1) is 0 Å². The minimum Gasteiger partial charge on any atom is -0.396 e. The normalized spacial score (nSPS) is 10.3. The van der Waals surface area contributed by atoms with Gasteiger partial charge in [-0.2, -0.15) is 0 Å². The van der Waals surface area contributed by atoms with Crippen LogP contribution in [0.25, 0.3) is 0 Å². The molecule has 0 spiro atoms. The summed E-state index contributed by atoms with van der Waals surface area (Å²) in [6.07, 6.45) is 1.70. The van der Waals surface area contributed by atoms with Crippen molar-refractivity contribution in [2.24, 2.45) is 5.16 Å². The van der Waals surface area contributed by atoms with Crippen LogP contribution in [0, 0.1) is 0 Å². The molecule has 0 aromatic heterocycles. The molecule has 1 aromatic rings. The van der Waals surface area contributed by atoms with E-state index in [2.05, 4.69) is 5.16 Å². The molecule has 0 atom stereocenters. The molecule has 0 saturated carbocycles. The Hall–Kier alpha value is -1.31. The van der Waals surface area contributed by atoms with E-state index in [4.69, 9.17) is 4.84 Å². The quantitative estimate of drug-likeness (QED) is 0.476. The lowest BCUT2D eigenvalue weighted by atomic mass is 10.2. The van der Waals surface area contributed by atoms with E-state index in [9.17, 15) is 0 Å². The summed E-state index contributed by atoms with van der Waals surface area (Å²) in [7, 11) is 0. The van der Waals surface area contributed by atoms with Gasteiger partial charge < -0.3 is 4.84 Å². The summed E-state index contributed by atoms with van der Waals surface area (Å²) < 4.78 is 0. The first-order chi connectivity index (χ1) is 5.43. The van der Waals surface area contributed by atoms with Crippen LogP contribution in [0.1, 0.15) is 12.5 Å². The van der Waals surface area contributed by atoms with E-state index < -0.39 is 0 Å². The second-order valence-electron chi connectivity index (χ2n) is 2.06. The summed E-state index contributed by atoms with van der Waals surface area (Å²) in [5.74, 6) is 0. The summed E-state index contributed by atoms with van der Waals surface area (Å²) in [4.78, 5) is 4.81. The fourth-order valence-corrected chi connectivity index (χ4v) is 0.712. The van der Waals surface area contributed by atoms with Crippen LogP contribution in [0.4, 0.5) is 0 Å². The molecular formula is C9H11NO. The van der Waals surface area contributed by atoms with Gasteiger partial charge in [0.1, 0.15) is 6.61 Å². The van der Waals surface area contributed by atoms with Crippen LogP contribution < -0.4 is 0 Å². The molecule has 0 aliphatic rings. The minimum atomic E-state index is 0.614. The van der Waals surface area contributed by atoms with E-state index in [1.807, 2.05) is 37.3 Å². The molecule has 0 bridgehead atoms. The molecular weight excluding hydrogens is 138 g/mol. The lowest BCUT2D eigenvalue weighted by molar-refractivity contribution is 0.160. The van der Waals surface area contributed by atoms with Gasteiger partial charge in [-0.05, 0) is 12.5 Å². The predicted molar refractivity (Wildman–Crippen MR) is 45.7 cm³/mol. The zero-order chi connectivity index (χ0) is 7.94. The van der Waals surface area contributed by atoms with E-state index in [0.717, 1.165) is 5.56 Å². The van der Waals surface area contributed by atoms with Gasteiger partial charge in [-0.25, -0.2) is 0 Å². The third-order valence-electron chi connectivity index (χ3n) is 1.20. The lowest BCUT2D eigenvalue weighted by Crippen LogP contribution is -1.82. The second kappa shape index (κ2) is 4.50. The van der Waals surface area contributed by atoms with Gasteiger partial charge in [0.2, 0.25) is 0 Å². The Balaban J connectivity index is 2.50. The molecule has 0 aliphatic heterocycles. The van der Waals surface area contributed by atoms with E-state index in [1.54, 1.807) is 6.21 Å². The first-order valence-electron chi connectivity index (χ1n) is 3.64. The number of nitrogens with zero attached hydrogens (tertiary/aromatic N) is 1. The third kappa shape index (κ3) is 2.85. The molecule has 0 radical (unpaired) electrons. The lowest BCUT2D eigenvalue weighted by Gasteiger charge is -1.91. The van der Waals surface area contributed by atoms with E-state index in [0.29, 0.717) is 6.61 Å². The van der Waals surface area contributed by atoms with Crippen molar-refractivity contribution in [3.05, 3.63) is 35.9 Å². The van der Waals surface area contributed by atoms with Crippen molar-refractivity contribution in [3.8, 4) is 0 Å². The average molecular weight is 149 g/mol. The Morgan fingerprint density at radius 1 is 1.36 bits per heavy atom. The highest BCUT2D eigenvalue weighted by Gasteiger charge is 1.81. The van der Waals surface area contributed by atoms with Crippen LogP contribution >= 0.6 is 0 Å². The summed E-state index contributed by atoms with van der Waals surface area (Å²) in [5.41, 5.74) is 1.06. The van der Waals surface area contributed by atoms with Gasteiger partial charge in [0.15, 0.2) is 0 Å². The van der Waals surface area contributed by atoms with Crippen LogP contribution in [0.5, 0.6) is 0 Å². The van der Waals surface area contributed by atoms with Crippen LogP contribution in [0.15, 0.2) is 35.5 Å². The summed E-state index contributed by atoms with van der Waals surface area (Å²) in [6.45, 7) is 2.52. The number of hydrogen-bond donors (Lipinski definition) is 0. The zero-order valence-electron chi connectivity index (χ0n) is 6.53. The molecule has 2 heteroatoms. The summed E-state index contributed by atoms with van der Waals surface area (Å²) >= 11 is 0. The molecule has 2 nitrogen and oxygen atoms in total. The fourth-order valence-electron chi connectivity index (χ4n) is 0.712. The first kappa shape index (κ1) is 7.79. The fraction of sp³-hybridized carbons (Fsp3) is 0.222. The van der Waals surface area contributed by atoms with Crippen LogP contribution in [-0.4, -0.2) is 12.8 Å². The van der Waals surface area contributed by atoms with Crippen molar-refractivity contribution in [2.75, 3.05) is 6.61 Å². The third-order valence-corrected chi connectivity index (χ3v) is 1.20. The topological polar surface area (TPSA) is 21.6 Å². The second-order valence-corrected chi connectivity index (χ2v) is 2.06. The maximum Gasteiger partial charge on any atom is 0.114 e. The zero-order valence-corrected chi connectivity index (χ0v) is 6.53. The van der Waals surface area contributed by atoms with Crippen LogP contribution in [-0.2, 0) is 4.84 Å². The standard InChI is InChI=1S/C9H11NO/c1-2-11-10-8-9-6-4-3-5-7-9/h3-8H,2H2,1H3. The van der Waals surface area contributed by atoms with Crippen molar-refractivity contribution in [3.63, 3.8) is 0 Å². The van der Waals surface area contributed by atoms with Gasteiger partial charge in [-0.3, -0.25) is 0 Å². The number of hydrogen-bond acceptors (Lipinski definition) is 2. The Morgan fingerprint density at radius 2 is 2.09 bits per heavy atom. The average Bonchev–Trinajstić information content (AvgIpc) is 2.07. The predicted octanol–water partition coefficient (Wildman–Crippen LogP) is 2.06. The van der Waals surface area contributed by atoms with Gasteiger partial charge in [0, 0.05) is 0 Å². The monoisotopic (exact) mass is 149 g/mol. The van der Waals surface area contributed by atoms with E-state index >= 15 is 0 Å². The number of benzene rings is 1. The highest BCUT2D eigenvalue weighted by molar-refractivity contribution is 5.78. The van der Waals surface area contributed by atoms with Gasteiger partial charge in [-0.1, -0.05) is 35.5 Å². The van der Waals surface area contributed by atoms with Gasteiger partial charge in [0.05, 0.1) is 6.21 Å². The Kier molecular flexibility index (Phi) is 3.19. The SMILES string of the molecule is CCON=Cc1ccccc1. The molecule has 0 unspecified atom stereocenters. The summed E-state index contributed by atoms with van der Waals surface area (Å²) in [5, 5.41) is 3.74. The Bertz CT molecular complexity index is 218. The molecule has 0 aliphatic carbocycles. The molecule has 0 heterocycles. The van der Waals surface area contributed by atoms with Crippen LogP contribution in [0.3, 0.4) is 0 Å². The van der Waals surface area contributed by atoms with Crippen LogP contribution in [0.2, 0.25) is 0 Å². The van der Waals surface area contributed by atoms with Crippen molar-refractivity contribution in [1.29, 1.82) is 0 Å². The molecule has 58 valence electrons. The van der Waals surface area contributed by atoms with Crippen molar-refractivity contribution >= 4 is 6.21 Å².